The molecule has 2 aromatic carbocycles. The van der Waals surface area contributed by atoms with Crippen molar-refractivity contribution in [2.45, 2.75) is 6.10 Å². The predicted octanol–water partition coefficient (Wildman–Crippen LogP) is 4.45. The van der Waals surface area contributed by atoms with Gasteiger partial charge in [-0.25, -0.2) is 8.78 Å². The fourth-order valence-corrected chi connectivity index (χ4v) is 2.19. The Labute approximate surface area is 118 Å². The van der Waals surface area contributed by atoms with Crippen molar-refractivity contribution in [2.24, 2.45) is 0 Å². The first-order chi connectivity index (χ1) is 9.56. The van der Waals surface area contributed by atoms with Crippen molar-refractivity contribution < 1.29 is 18.3 Å². The minimum Gasteiger partial charge on any atom is -0.458 e. The Kier molecular flexibility index (Phi) is 3.20. The number of halogens is 3. The van der Waals surface area contributed by atoms with Crippen molar-refractivity contribution in [3.63, 3.8) is 0 Å². The third-order valence-electron chi connectivity index (χ3n) is 3.05. The van der Waals surface area contributed by atoms with Crippen molar-refractivity contribution in [3.05, 3.63) is 70.4 Å². The van der Waals surface area contributed by atoms with Crippen LogP contribution in [0.15, 0.2) is 46.9 Å². The van der Waals surface area contributed by atoms with Gasteiger partial charge in [0.1, 0.15) is 29.1 Å². The first-order valence-corrected chi connectivity index (χ1v) is 6.25. The summed E-state index contributed by atoms with van der Waals surface area (Å²) >= 11 is 5.48. The monoisotopic (exact) mass is 294 g/mol. The molecule has 0 bridgehead atoms. The summed E-state index contributed by atoms with van der Waals surface area (Å²) in [7, 11) is 0. The average Bonchev–Trinajstić information content (AvgIpc) is 2.86. The first-order valence-electron chi connectivity index (χ1n) is 5.87. The molecule has 0 saturated carbocycles. The van der Waals surface area contributed by atoms with Gasteiger partial charge >= 0.3 is 0 Å². The van der Waals surface area contributed by atoms with Gasteiger partial charge in [0, 0.05) is 10.9 Å². The smallest absolute Gasteiger partial charge is 0.142 e. The maximum atomic E-state index is 13.8. The molecule has 5 heteroatoms. The van der Waals surface area contributed by atoms with Gasteiger partial charge in [-0.3, -0.25) is 0 Å². The van der Waals surface area contributed by atoms with Gasteiger partial charge in [-0.1, -0.05) is 29.8 Å². The highest BCUT2D eigenvalue weighted by Crippen LogP contribution is 2.31. The Hall–Kier alpha value is -1.91. The van der Waals surface area contributed by atoms with Gasteiger partial charge in [0.2, 0.25) is 0 Å². The molecule has 0 saturated heterocycles. The highest BCUT2D eigenvalue weighted by atomic mass is 35.5. The second kappa shape index (κ2) is 4.89. The normalized spacial score (nSPS) is 12.8. The highest BCUT2D eigenvalue weighted by molar-refractivity contribution is 6.30. The van der Waals surface area contributed by atoms with E-state index in [1.165, 1.54) is 0 Å². The van der Waals surface area contributed by atoms with E-state index < -0.39 is 17.7 Å². The fourth-order valence-electron chi connectivity index (χ4n) is 2.04. The van der Waals surface area contributed by atoms with Gasteiger partial charge in [-0.2, -0.15) is 0 Å². The molecular formula is C15H9ClF2O2. The lowest BCUT2D eigenvalue weighted by atomic mass is 10.1. The molecule has 0 fully saturated rings. The van der Waals surface area contributed by atoms with Gasteiger partial charge in [0.05, 0.1) is 5.02 Å². The number of aliphatic hydroxyl groups excluding tert-OH is 1. The number of rotatable bonds is 2. The molecular weight excluding hydrogens is 286 g/mol. The van der Waals surface area contributed by atoms with E-state index in [0.29, 0.717) is 5.58 Å². The summed E-state index contributed by atoms with van der Waals surface area (Å²) in [6.07, 6.45) is -1.39. The van der Waals surface area contributed by atoms with Gasteiger partial charge in [0.25, 0.3) is 0 Å². The van der Waals surface area contributed by atoms with Crippen LogP contribution in [0.2, 0.25) is 5.02 Å². The minimum atomic E-state index is -1.39. The lowest BCUT2D eigenvalue weighted by Crippen LogP contribution is -2.02. The van der Waals surface area contributed by atoms with Crippen molar-refractivity contribution in [2.75, 3.05) is 0 Å². The number of furan rings is 1. The molecule has 0 radical (unpaired) electrons. The maximum Gasteiger partial charge on any atom is 0.142 e. The molecule has 1 N–H and O–H groups in total. The van der Waals surface area contributed by atoms with Crippen LogP contribution in [0.25, 0.3) is 11.0 Å². The Balaban J connectivity index is 2.07. The molecule has 3 rings (SSSR count). The molecule has 20 heavy (non-hydrogen) atoms. The van der Waals surface area contributed by atoms with Crippen LogP contribution in [-0.2, 0) is 0 Å². The van der Waals surface area contributed by atoms with E-state index in [1.807, 2.05) is 6.07 Å². The van der Waals surface area contributed by atoms with Crippen LogP contribution in [0, 0.1) is 11.6 Å². The number of benzene rings is 2. The van der Waals surface area contributed by atoms with E-state index in [1.54, 1.807) is 24.3 Å². The predicted molar refractivity (Wildman–Crippen MR) is 71.6 cm³/mol. The standard InChI is InChI=1S/C15H9ClF2O2/c16-10-7-11(17)9(6-12(10)18)15(19)14-5-8-3-1-2-4-13(8)20-14/h1-7,15,19H. The first kappa shape index (κ1) is 13.1. The van der Waals surface area contributed by atoms with E-state index in [-0.39, 0.29) is 16.3 Å². The fraction of sp³-hybridized carbons (Fsp3) is 0.0667. The van der Waals surface area contributed by atoms with Crippen LogP contribution in [0.4, 0.5) is 8.78 Å². The van der Waals surface area contributed by atoms with Crippen LogP contribution < -0.4 is 0 Å². The topological polar surface area (TPSA) is 33.4 Å². The zero-order valence-corrected chi connectivity index (χ0v) is 10.9. The molecule has 0 aliphatic heterocycles. The molecule has 1 unspecified atom stereocenters. The summed E-state index contributed by atoms with van der Waals surface area (Å²) in [4.78, 5) is 0. The lowest BCUT2D eigenvalue weighted by molar-refractivity contribution is 0.187. The second-order valence-electron chi connectivity index (χ2n) is 4.38. The molecule has 2 nitrogen and oxygen atoms in total. The molecule has 1 atom stereocenters. The Morgan fingerprint density at radius 2 is 1.80 bits per heavy atom. The maximum absolute atomic E-state index is 13.8. The van der Waals surface area contributed by atoms with E-state index >= 15 is 0 Å². The lowest BCUT2D eigenvalue weighted by Gasteiger charge is -2.10. The molecule has 102 valence electrons. The molecule has 0 aliphatic rings. The van der Waals surface area contributed by atoms with Crippen molar-refractivity contribution >= 4 is 22.6 Å². The summed E-state index contributed by atoms with van der Waals surface area (Å²) in [6.45, 7) is 0. The van der Waals surface area contributed by atoms with Crippen molar-refractivity contribution in [1.29, 1.82) is 0 Å². The second-order valence-corrected chi connectivity index (χ2v) is 4.78. The van der Waals surface area contributed by atoms with Crippen molar-refractivity contribution in [1.82, 2.24) is 0 Å². The van der Waals surface area contributed by atoms with E-state index in [0.717, 1.165) is 17.5 Å². The SMILES string of the molecule is OC(c1cc2ccccc2o1)c1cc(F)c(Cl)cc1F. The number of para-hydroxylation sites is 1. The van der Waals surface area contributed by atoms with Crippen LogP contribution >= 0.6 is 11.6 Å². The van der Waals surface area contributed by atoms with E-state index in [4.69, 9.17) is 16.0 Å². The summed E-state index contributed by atoms with van der Waals surface area (Å²) in [5, 5.41) is 10.6. The molecule has 3 aromatic rings. The quantitative estimate of drug-likeness (QED) is 0.709. The van der Waals surface area contributed by atoms with Crippen LogP contribution in [0.3, 0.4) is 0 Å². The highest BCUT2D eigenvalue weighted by Gasteiger charge is 2.21. The summed E-state index contributed by atoms with van der Waals surface area (Å²) < 4.78 is 32.6. The largest absolute Gasteiger partial charge is 0.458 e. The number of aliphatic hydroxyl groups is 1. The average molecular weight is 295 g/mol. The molecule has 0 aliphatic carbocycles. The molecule has 0 spiro atoms. The third kappa shape index (κ3) is 2.17. The summed E-state index contributed by atoms with van der Waals surface area (Å²) in [5.41, 5.74) is 0.349. The number of hydrogen-bond acceptors (Lipinski definition) is 2. The van der Waals surface area contributed by atoms with E-state index in [2.05, 4.69) is 0 Å². The zero-order valence-electron chi connectivity index (χ0n) is 10.1. The molecule has 0 amide bonds. The summed E-state index contributed by atoms with van der Waals surface area (Å²) in [6, 6.07) is 10.4. The Morgan fingerprint density at radius 3 is 2.55 bits per heavy atom. The molecule has 1 aromatic heterocycles. The number of hydrogen-bond donors (Lipinski definition) is 1. The third-order valence-corrected chi connectivity index (χ3v) is 3.34. The minimum absolute atomic E-state index is 0.145. The number of fused-ring (bicyclic) bond motifs is 1. The Morgan fingerprint density at radius 1 is 1.05 bits per heavy atom. The Bertz CT molecular complexity index is 750. The summed E-state index contributed by atoms with van der Waals surface area (Å²) in [5.74, 6) is -1.44. The van der Waals surface area contributed by atoms with Crippen LogP contribution in [-0.4, -0.2) is 5.11 Å². The van der Waals surface area contributed by atoms with E-state index in [9.17, 15) is 13.9 Å². The van der Waals surface area contributed by atoms with Gasteiger partial charge in [0.15, 0.2) is 0 Å². The van der Waals surface area contributed by atoms with Gasteiger partial charge in [-0.15, -0.1) is 0 Å². The van der Waals surface area contributed by atoms with Crippen LogP contribution in [0.5, 0.6) is 0 Å². The van der Waals surface area contributed by atoms with Gasteiger partial charge < -0.3 is 9.52 Å². The zero-order chi connectivity index (χ0) is 14.3. The van der Waals surface area contributed by atoms with Crippen molar-refractivity contribution in [3.8, 4) is 0 Å². The van der Waals surface area contributed by atoms with Crippen LogP contribution in [0.1, 0.15) is 17.4 Å². The molecule has 1 heterocycles. The van der Waals surface area contributed by atoms with Gasteiger partial charge in [-0.05, 0) is 24.3 Å².